The number of alkyl carbamates (subject to hydrolysis) is 1. The first kappa shape index (κ1) is 28.2. The fraction of sp³-hybridized carbons (Fsp3) is 0.481. The molecular formula is C27H35ClN4O5. The number of hydrogen-bond acceptors (Lipinski definition) is 7. The van der Waals surface area contributed by atoms with Gasteiger partial charge in [0.1, 0.15) is 29.1 Å². The second-order valence-electron chi connectivity index (χ2n) is 10.6. The van der Waals surface area contributed by atoms with Gasteiger partial charge in [-0.2, -0.15) is 0 Å². The van der Waals surface area contributed by atoms with Gasteiger partial charge in [0, 0.05) is 17.0 Å². The highest BCUT2D eigenvalue weighted by molar-refractivity contribution is 6.31. The quantitative estimate of drug-likeness (QED) is 0.284. The van der Waals surface area contributed by atoms with E-state index in [0.717, 1.165) is 11.1 Å². The maximum absolute atomic E-state index is 12.1. The van der Waals surface area contributed by atoms with Crippen LogP contribution in [0.4, 0.5) is 4.79 Å². The van der Waals surface area contributed by atoms with Gasteiger partial charge in [-0.1, -0.05) is 45.4 Å². The zero-order valence-corrected chi connectivity index (χ0v) is 23.0. The molecule has 0 unspecified atom stereocenters. The Morgan fingerprint density at radius 1 is 1.03 bits per heavy atom. The van der Waals surface area contributed by atoms with Crippen molar-refractivity contribution in [3.8, 4) is 11.4 Å². The molecule has 0 radical (unpaired) electrons. The van der Waals surface area contributed by atoms with E-state index in [0.29, 0.717) is 34.6 Å². The van der Waals surface area contributed by atoms with E-state index >= 15 is 0 Å². The number of amides is 1. The summed E-state index contributed by atoms with van der Waals surface area (Å²) >= 11 is 6.08. The molecule has 2 N–H and O–H groups in total. The van der Waals surface area contributed by atoms with E-state index in [2.05, 4.69) is 15.5 Å². The molecule has 0 saturated heterocycles. The zero-order chi connectivity index (χ0) is 27.4. The number of carbonyl (C=O) groups excluding carboxylic acids is 2. The first-order valence-electron chi connectivity index (χ1n) is 12.3. The molecule has 200 valence electrons. The van der Waals surface area contributed by atoms with Crippen molar-refractivity contribution >= 4 is 34.7 Å². The van der Waals surface area contributed by atoms with Gasteiger partial charge >= 0.3 is 12.1 Å². The SMILES string of the molecule is CCC(C)(C)C(=O)OCCNC(=O)OCCc1cc(-n2nc3ccc(Cl)cc3n2)c(O)c(C(C)(C)C)c1. The number of benzene rings is 2. The Hall–Kier alpha value is -3.33. The average molecular weight is 531 g/mol. The maximum atomic E-state index is 12.1. The van der Waals surface area contributed by atoms with Gasteiger partial charge in [-0.3, -0.25) is 4.79 Å². The lowest BCUT2D eigenvalue weighted by molar-refractivity contribution is -0.153. The van der Waals surface area contributed by atoms with Crippen molar-refractivity contribution in [2.75, 3.05) is 19.8 Å². The monoisotopic (exact) mass is 530 g/mol. The minimum atomic E-state index is -0.599. The molecule has 0 saturated carbocycles. The van der Waals surface area contributed by atoms with Gasteiger partial charge in [0.05, 0.1) is 18.6 Å². The van der Waals surface area contributed by atoms with Crippen molar-refractivity contribution in [2.24, 2.45) is 5.41 Å². The summed E-state index contributed by atoms with van der Waals surface area (Å²) in [7, 11) is 0. The number of nitrogens with zero attached hydrogens (tertiary/aromatic N) is 3. The van der Waals surface area contributed by atoms with Crippen LogP contribution in [-0.2, 0) is 26.1 Å². The van der Waals surface area contributed by atoms with Crippen LogP contribution in [0.15, 0.2) is 30.3 Å². The number of hydrogen-bond donors (Lipinski definition) is 2. The molecule has 1 aromatic heterocycles. The molecule has 0 spiro atoms. The van der Waals surface area contributed by atoms with Crippen LogP contribution in [0.25, 0.3) is 16.7 Å². The van der Waals surface area contributed by atoms with Crippen LogP contribution in [0.3, 0.4) is 0 Å². The lowest BCUT2D eigenvalue weighted by Crippen LogP contribution is -2.32. The Labute approximate surface area is 222 Å². The number of nitrogens with one attached hydrogen (secondary N) is 1. The molecule has 2 aromatic carbocycles. The van der Waals surface area contributed by atoms with Gasteiger partial charge in [-0.05, 0) is 55.5 Å². The third kappa shape index (κ3) is 7.13. The van der Waals surface area contributed by atoms with Gasteiger partial charge in [-0.25, -0.2) is 4.79 Å². The summed E-state index contributed by atoms with van der Waals surface area (Å²) in [5.41, 5.74) is 2.35. The lowest BCUT2D eigenvalue weighted by atomic mass is 9.84. The number of esters is 1. The van der Waals surface area contributed by atoms with Gasteiger partial charge in [0.25, 0.3) is 0 Å². The normalized spacial score (nSPS) is 12.0. The van der Waals surface area contributed by atoms with Gasteiger partial charge in [0.2, 0.25) is 0 Å². The fourth-order valence-electron chi connectivity index (χ4n) is 3.49. The first-order chi connectivity index (χ1) is 17.3. The molecule has 0 fully saturated rings. The minimum Gasteiger partial charge on any atom is -0.505 e. The molecule has 1 heterocycles. The second kappa shape index (κ2) is 11.4. The fourth-order valence-corrected chi connectivity index (χ4v) is 3.66. The number of fused-ring (bicyclic) bond motifs is 1. The Bertz CT molecular complexity index is 1280. The Morgan fingerprint density at radius 2 is 1.73 bits per heavy atom. The maximum Gasteiger partial charge on any atom is 0.407 e. The third-order valence-corrected chi connectivity index (χ3v) is 6.42. The van der Waals surface area contributed by atoms with Gasteiger partial charge in [0.15, 0.2) is 0 Å². The average Bonchev–Trinajstić information content (AvgIpc) is 3.24. The van der Waals surface area contributed by atoms with Crippen LogP contribution >= 0.6 is 11.6 Å². The van der Waals surface area contributed by atoms with E-state index in [9.17, 15) is 14.7 Å². The number of rotatable bonds is 9. The van der Waals surface area contributed by atoms with E-state index < -0.39 is 11.5 Å². The molecule has 0 aliphatic rings. The Balaban J connectivity index is 1.65. The molecule has 10 heteroatoms. The second-order valence-corrected chi connectivity index (χ2v) is 11.0. The van der Waals surface area contributed by atoms with E-state index in [1.54, 1.807) is 24.3 Å². The summed E-state index contributed by atoms with van der Waals surface area (Å²) in [5, 5.41) is 23.2. The molecule has 9 nitrogen and oxygen atoms in total. The number of carbonyl (C=O) groups is 2. The van der Waals surface area contributed by atoms with Gasteiger partial charge < -0.3 is 19.9 Å². The number of phenolic OH excluding ortho intramolecular Hbond substituents is 1. The van der Waals surface area contributed by atoms with Gasteiger partial charge in [-0.15, -0.1) is 15.0 Å². The molecule has 0 aliphatic carbocycles. The van der Waals surface area contributed by atoms with E-state index in [1.807, 2.05) is 47.6 Å². The molecule has 0 aliphatic heterocycles. The van der Waals surface area contributed by atoms with Crippen molar-refractivity contribution in [2.45, 2.75) is 59.8 Å². The van der Waals surface area contributed by atoms with Crippen LogP contribution in [0.5, 0.6) is 5.75 Å². The smallest absolute Gasteiger partial charge is 0.407 e. The van der Waals surface area contributed by atoms with Crippen LogP contribution in [0.2, 0.25) is 5.02 Å². The topological polar surface area (TPSA) is 116 Å². The largest absolute Gasteiger partial charge is 0.505 e. The Kier molecular flexibility index (Phi) is 8.68. The van der Waals surface area contributed by atoms with Crippen molar-refractivity contribution in [1.82, 2.24) is 20.3 Å². The van der Waals surface area contributed by atoms with Crippen molar-refractivity contribution in [3.05, 3.63) is 46.5 Å². The van der Waals surface area contributed by atoms with Crippen LogP contribution in [0.1, 0.15) is 59.1 Å². The summed E-state index contributed by atoms with van der Waals surface area (Å²) in [6, 6.07) is 8.89. The standard InChI is InChI=1S/C27H35ClN4O5/c1-7-27(5,6)24(34)36-13-11-29-25(35)37-12-10-17-14-19(26(2,3)4)23(33)22(15-17)32-30-20-9-8-18(28)16-21(20)31-32/h8-9,14-16,33H,7,10-13H2,1-6H3,(H,29,35). The summed E-state index contributed by atoms with van der Waals surface area (Å²) < 4.78 is 10.5. The summed E-state index contributed by atoms with van der Waals surface area (Å²) in [6.45, 7) is 11.9. The summed E-state index contributed by atoms with van der Waals surface area (Å²) in [4.78, 5) is 25.5. The van der Waals surface area contributed by atoms with Crippen LogP contribution in [0, 0.1) is 5.41 Å². The number of aromatic nitrogens is 3. The highest BCUT2D eigenvalue weighted by Crippen LogP contribution is 2.36. The predicted octanol–water partition coefficient (Wildman–Crippen LogP) is 5.33. The molecule has 3 rings (SSSR count). The molecule has 0 atom stereocenters. The lowest BCUT2D eigenvalue weighted by Gasteiger charge is -2.23. The number of phenols is 1. The Morgan fingerprint density at radius 3 is 2.41 bits per heavy atom. The zero-order valence-electron chi connectivity index (χ0n) is 22.2. The van der Waals surface area contributed by atoms with Crippen molar-refractivity contribution in [1.29, 1.82) is 0 Å². The molecular weight excluding hydrogens is 496 g/mol. The molecule has 37 heavy (non-hydrogen) atoms. The summed E-state index contributed by atoms with van der Waals surface area (Å²) in [5.74, 6) is -0.215. The van der Waals surface area contributed by atoms with Crippen LogP contribution < -0.4 is 5.32 Å². The molecule has 0 bridgehead atoms. The van der Waals surface area contributed by atoms with Crippen molar-refractivity contribution in [3.63, 3.8) is 0 Å². The summed E-state index contributed by atoms with van der Waals surface area (Å²) in [6.07, 6.45) is 0.479. The van der Waals surface area contributed by atoms with Crippen LogP contribution in [-0.4, -0.2) is 51.9 Å². The number of aromatic hydroxyl groups is 1. The molecule has 1 amide bonds. The number of ether oxygens (including phenoxy) is 2. The highest BCUT2D eigenvalue weighted by atomic mass is 35.5. The predicted molar refractivity (Wildman–Crippen MR) is 142 cm³/mol. The third-order valence-electron chi connectivity index (χ3n) is 6.18. The minimum absolute atomic E-state index is 0.0735. The number of halogens is 1. The molecule has 3 aromatic rings. The highest BCUT2D eigenvalue weighted by Gasteiger charge is 2.27. The van der Waals surface area contributed by atoms with E-state index in [1.165, 1.54) is 4.80 Å². The van der Waals surface area contributed by atoms with E-state index in [-0.39, 0.29) is 36.9 Å². The first-order valence-corrected chi connectivity index (χ1v) is 12.7. The van der Waals surface area contributed by atoms with E-state index in [4.69, 9.17) is 21.1 Å². The van der Waals surface area contributed by atoms with Crippen molar-refractivity contribution < 1.29 is 24.2 Å².